The Morgan fingerprint density at radius 1 is 2.00 bits per heavy atom. The first-order valence-corrected chi connectivity index (χ1v) is 1.33. The second-order valence-electron chi connectivity index (χ2n) is 0.460. The van der Waals surface area contributed by atoms with Gasteiger partial charge < -0.3 is 0 Å². The maximum Gasteiger partial charge on any atom is 0.118 e. The molecule has 0 saturated heterocycles. The predicted octanol–water partition coefficient (Wildman–Crippen LogP) is 1.07. The van der Waals surface area contributed by atoms with Crippen molar-refractivity contribution in [2.45, 2.75) is 0 Å². The maximum atomic E-state index is 7.60. The summed E-state index contributed by atoms with van der Waals surface area (Å²) >= 11 is 4.80. The zero-order valence-corrected chi connectivity index (χ0v) is 3.16. The van der Waals surface area contributed by atoms with Crippen molar-refractivity contribution in [3.63, 3.8) is 0 Å². The highest BCUT2D eigenvalue weighted by atomic mass is 35.5. The van der Waals surface area contributed by atoms with Crippen LogP contribution in [-0.4, -0.2) is 0 Å². The molecule has 0 amide bonds. The number of allylic oxidation sites excluding steroid dienone is 1. The van der Waals surface area contributed by atoms with Crippen LogP contribution in [0.2, 0.25) is 0 Å². The van der Waals surface area contributed by atoms with Gasteiger partial charge in [-0.1, -0.05) is 11.6 Å². The number of nitriles is 1. The highest BCUT2D eigenvalue weighted by Crippen LogP contribution is 1.87. The SMILES string of the molecule is [CH]=C(Cl)C#N. The van der Waals surface area contributed by atoms with E-state index in [-0.39, 0.29) is 5.03 Å². The average Bonchev–Trinajstić information content (AvgIpc) is 1.38. The van der Waals surface area contributed by atoms with Gasteiger partial charge in [0.2, 0.25) is 0 Å². The number of nitrogens with zero attached hydrogens (tertiary/aromatic N) is 1. The second-order valence-corrected chi connectivity index (χ2v) is 0.867. The molecule has 5 heavy (non-hydrogen) atoms. The van der Waals surface area contributed by atoms with Crippen molar-refractivity contribution in [3.05, 3.63) is 11.6 Å². The molecule has 0 aromatic carbocycles. The standard InChI is InChI=1S/C3HClN/c1-3(4)2-5/h1H. The first kappa shape index (κ1) is 4.52. The molecule has 0 bridgehead atoms. The third-order valence-electron chi connectivity index (χ3n) is 0.107. The zero-order valence-electron chi connectivity index (χ0n) is 2.40. The number of rotatable bonds is 0. The molecule has 2 heteroatoms. The molecule has 0 aromatic rings. The zero-order chi connectivity index (χ0) is 4.28. The van der Waals surface area contributed by atoms with Crippen molar-refractivity contribution in [2.24, 2.45) is 0 Å². The van der Waals surface area contributed by atoms with Crippen LogP contribution in [0.1, 0.15) is 0 Å². The summed E-state index contributed by atoms with van der Waals surface area (Å²) in [6.07, 6.45) is 0. The molecule has 0 spiro atoms. The molecule has 1 radical (unpaired) electrons. The summed E-state index contributed by atoms with van der Waals surface area (Å²) in [4.78, 5) is 0. The molecule has 0 rings (SSSR count). The number of hydrogen-bond donors (Lipinski definition) is 0. The molecular formula is C3HClN. The van der Waals surface area contributed by atoms with Crippen molar-refractivity contribution >= 4 is 11.6 Å². The second kappa shape index (κ2) is 1.80. The van der Waals surface area contributed by atoms with E-state index in [1.165, 1.54) is 6.07 Å². The molecule has 0 N–H and O–H groups in total. The van der Waals surface area contributed by atoms with Crippen molar-refractivity contribution < 1.29 is 0 Å². The highest BCUT2D eigenvalue weighted by Gasteiger charge is 1.69. The minimum Gasteiger partial charge on any atom is -0.191 e. The molecule has 0 aliphatic carbocycles. The van der Waals surface area contributed by atoms with Crippen LogP contribution in [0.3, 0.4) is 0 Å². The van der Waals surface area contributed by atoms with Gasteiger partial charge in [0.25, 0.3) is 0 Å². The van der Waals surface area contributed by atoms with E-state index < -0.39 is 0 Å². The van der Waals surface area contributed by atoms with E-state index in [1.807, 2.05) is 0 Å². The summed E-state index contributed by atoms with van der Waals surface area (Å²) in [5, 5.41) is 7.38. The van der Waals surface area contributed by atoms with Crippen LogP contribution in [0.25, 0.3) is 0 Å². The van der Waals surface area contributed by atoms with Gasteiger partial charge in [0.1, 0.15) is 11.1 Å². The average molecular weight is 86.5 g/mol. The minimum atomic E-state index is -0.218. The van der Waals surface area contributed by atoms with E-state index in [4.69, 9.17) is 16.9 Å². The van der Waals surface area contributed by atoms with E-state index in [1.54, 1.807) is 0 Å². The Morgan fingerprint density at radius 3 is 2.20 bits per heavy atom. The lowest BCUT2D eigenvalue weighted by molar-refractivity contribution is 1.53. The van der Waals surface area contributed by atoms with Crippen LogP contribution in [0, 0.1) is 17.9 Å². The van der Waals surface area contributed by atoms with Crippen LogP contribution in [0.5, 0.6) is 0 Å². The molecule has 0 aliphatic heterocycles. The summed E-state index contributed by atoms with van der Waals surface area (Å²) in [5.74, 6) is 0. The summed E-state index contributed by atoms with van der Waals surface area (Å²) in [7, 11) is 0. The smallest absolute Gasteiger partial charge is 0.118 e. The first-order chi connectivity index (χ1) is 2.27. The molecule has 25 valence electrons. The van der Waals surface area contributed by atoms with Gasteiger partial charge in [0.15, 0.2) is 0 Å². The van der Waals surface area contributed by atoms with Crippen molar-refractivity contribution in [3.8, 4) is 6.07 Å². The molecule has 0 saturated carbocycles. The van der Waals surface area contributed by atoms with Crippen LogP contribution in [0.4, 0.5) is 0 Å². The third kappa shape index (κ3) is 3.52. The van der Waals surface area contributed by atoms with Gasteiger partial charge >= 0.3 is 0 Å². The van der Waals surface area contributed by atoms with Crippen LogP contribution >= 0.6 is 11.6 Å². The molecular weight excluding hydrogens is 85.5 g/mol. The van der Waals surface area contributed by atoms with Gasteiger partial charge in [-0.05, 0) is 6.58 Å². The minimum absolute atomic E-state index is 0.218. The van der Waals surface area contributed by atoms with E-state index in [0.29, 0.717) is 0 Å². The fourth-order valence-electron chi connectivity index (χ4n) is 0. The Bertz CT molecular complexity index is 79.4. The summed E-state index contributed by atoms with van der Waals surface area (Å²) < 4.78 is 0. The molecule has 0 aromatic heterocycles. The van der Waals surface area contributed by atoms with Gasteiger partial charge in [-0.15, -0.1) is 0 Å². The van der Waals surface area contributed by atoms with E-state index in [2.05, 4.69) is 6.58 Å². The topological polar surface area (TPSA) is 23.8 Å². The summed E-state index contributed by atoms with van der Waals surface area (Å²) in [5.41, 5.74) is 0. The lowest BCUT2D eigenvalue weighted by atomic mass is 10.7. The van der Waals surface area contributed by atoms with Gasteiger partial charge in [-0.2, -0.15) is 5.26 Å². The monoisotopic (exact) mass is 86.0 g/mol. The molecule has 0 heterocycles. The fraction of sp³-hybridized carbons (Fsp3) is 0. The Balaban J connectivity index is 3.35. The first-order valence-electron chi connectivity index (χ1n) is 0.951. The van der Waals surface area contributed by atoms with Crippen molar-refractivity contribution in [2.75, 3.05) is 0 Å². The summed E-state index contributed by atoms with van der Waals surface area (Å²) in [6, 6.07) is 1.49. The number of hydrogen-bond acceptors (Lipinski definition) is 1. The van der Waals surface area contributed by atoms with Gasteiger partial charge in [-0.25, -0.2) is 0 Å². The van der Waals surface area contributed by atoms with Crippen molar-refractivity contribution in [1.29, 1.82) is 5.26 Å². The summed E-state index contributed by atoms with van der Waals surface area (Å²) in [6.45, 7) is 4.61. The quantitative estimate of drug-likeness (QED) is 0.405. The Morgan fingerprint density at radius 2 is 2.20 bits per heavy atom. The lowest BCUT2D eigenvalue weighted by Crippen LogP contribution is -1.45. The maximum absolute atomic E-state index is 7.60. The molecule has 0 unspecified atom stereocenters. The Labute approximate surface area is 35.5 Å². The Hall–Kier alpha value is -0.480. The van der Waals surface area contributed by atoms with E-state index in [9.17, 15) is 0 Å². The Kier molecular flexibility index (Phi) is 1.63. The van der Waals surface area contributed by atoms with Gasteiger partial charge in [-0.3, -0.25) is 0 Å². The van der Waals surface area contributed by atoms with Crippen LogP contribution in [-0.2, 0) is 0 Å². The molecule has 0 fully saturated rings. The van der Waals surface area contributed by atoms with Gasteiger partial charge in [0.05, 0.1) is 0 Å². The third-order valence-corrected chi connectivity index (χ3v) is 0.191. The predicted molar refractivity (Wildman–Crippen MR) is 19.3 cm³/mol. The normalized spacial score (nSPS) is 5.60. The van der Waals surface area contributed by atoms with E-state index >= 15 is 0 Å². The van der Waals surface area contributed by atoms with Crippen LogP contribution < -0.4 is 0 Å². The largest absolute Gasteiger partial charge is 0.191 e. The molecule has 1 nitrogen and oxygen atoms in total. The molecule has 0 atom stereocenters. The number of halogens is 1. The molecule has 0 aliphatic rings. The highest BCUT2D eigenvalue weighted by molar-refractivity contribution is 6.31. The fourth-order valence-corrected chi connectivity index (χ4v) is 0. The van der Waals surface area contributed by atoms with Crippen molar-refractivity contribution in [1.82, 2.24) is 0 Å². The van der Waals surface area contributed by atoms with E-state index in [0.717, 1.165) is 0 Å². The van der Waals surface area contributed by atoms with Gasteiger partial charge in [0, 0.05) is 0 Å². The lowest BCUT2D eigenvalue weighted by Gasteiger charge is -1.57. The van der Waals surface area contributed by atoms with Crippen LogP contribution in [0.15, 0.2) is 5.03 Å².